The van der Waals surface area contributed by atoms with Gasteiger partial charge in [0.15, 0.2) is 0 Å². The lowest BCUT2D eigenvalue weighted by atomic mass is 9.70. The average molecular weight is 312 g/mol. The van der Waals surface area contributed by atoms with Gasteiger partial charge in [0.1, 0.15) is 0 Å². The Bertz CT molecular complexity index is 482. The molecule has 1 aromatic rings. The molecule has 0 aliphatic heterocycles. The second kappa shape index (κ2) is 9.76. The Morgan fingerprint density at radius 1 is 1.00 bits per heavy atom. The van der Waals surface area contributed by atoms with E-state index in [9.17, 15) is 5.26 Å². The SMILES string of the molecule is CCCCCc1ccc(C2CCC(CCCC)CC2C#N)cc1. The minimum Gasteiger partial charge on any atom is -0.198 e. The molecule has 1 aliphatic rings. The zero-order valence-electron chi connectivity index (χ0n) is 15.1. The third-order valence-corrected chi connectivity index (χ3v) is 5.57. The summed E-state index contributed by atoms with van der Waals surface area (Å²) in [7, 11) is 0. The fourth-order valence-electron chi connectivity index (χ4n) is 4.06. The van der Waals surface area contributed by atoms with Gasteiger partial charge in [0.25, 0.3) is 0 Å². The first-order valence-corrected chi connectivity index (χ1v) is 9.76. The van der Waals surface area contributed by atoms with Gasteiger partial charge in [0.2, 0.25) is 0 Å². The molecule has 23 heavy (non-hydrogen) atoms. The minimum absolute atomic E-state index is 0.219. The third kappa shape index (κ3) is 5.38. The monoisotopic (exact) mass is 311 g/mol. The summed E-state index contributed by atoms with van der Waals surface area (Å²) in [6.07, 6.45) is 12.6. The van der Waals surface area contributed by atoms with Crippen LogP contribution in [0.4, 0.5) is 0 Å². The van der Waals surface area contributed by atoms with Gasteiger partial charge in [-0.05, 0) is 55.1 Å². The highest BCUT2D eigenvalue weighted by Crippen LogP contribution is 2.41. The highest BCUT2D eigenvalue weighted by molar-refractivity contribution is 5.27. The molecular formula is C22H33N. The summed E-state index contributed by atoms with van der Waals surface area (Å²) in [5.74, 6) is 1.46. The summed E-state index contributed by atoms with van der Waals surface area (Å²) < 4.78 is 0. The molecule has 1 aliphatic carbocycles. The number of benzene rings is 1. The molecule has 1 nitrogen and oxygen atoms in total. The van der Waals surface area contributed by atoms with Crippen LogP contribution in [0.15, 0.2) is 24.3 Å². The van der Waals surface area contributed by atoms with Crippen molar-refractivity contribution in [3.8, 4) is 6.07 Å². The Hall–Kier alpha value is -1.29. The van der Waals surface area contributed by atoms with Crippen molar-refractivity contribution in [1.82, 2.24) is 0 Å². The molecule has 0 saturated heterocycles. The van der Waals surface area contributed by atoms with E-state index in [1.54, 1.807) is 0 Å². The van der Waals surface area contributed by atoms with Crippen molar-refractivity contribution in [1.29, 1.82) is 5.26 Å². The quantitative estimate of drug-likeness (QED) is 0.494. The van der Waals surface area contributed by atoms with E-state index < -0.39 is 0 Å². The highest BCUT2D eigenvalue weighted by atomic mass is 14.4. The summed E-state index contributed by atoms with van der Waals surface area (Å²) in [6.45, 7) is 4.51. The number of hydrogen-bond acceptors (Lipinski definition) is 1. The predicted molar refractivity (Wildman–Crippen MR) is 98.4 cm³/mol. The molecule has 1 heteroatoms. The minimum atomic E-state index is 0.219. The van der Waals surface area contributed by atoms with Crippen molar-refractivity contribution >= 4 is 0 Å². The van der Waals surface area contributed by atoms with Crippen LogP contribution in [0.5, 0.6) is 0 Å². The van der Waals surface area contributed by atoms with Gasteiger partial charge in [0.05, 0.1) is 12.0 Å². The molecule has 2 rings (SSSR count). The van der Waals surface area contributed by atoms with Gasteiger partial charge in [-0.1, -0.05) is 70.2 Å². The van der Waals surface area contributed by atoms with Gasteiger partial charge < -0.3 is 0 Å². The molecule has 0 heterocycles. The predicted octanol–water partition coefficient (Wildman–Crippen LogP) is 6.63. The van der Waals surface area contributed by atoms with Crippen molar-refractivity contribution in [3.63, 3.8) is 0 Å². The van der Waals surface area contributed by atoms with Crippen LogP contribution in [0.25, 0.3) is 0 Å². The van der Waals surface area contributed by atoms with Crippen LogP contribution in [-0.2, 0) is 6.42 Å². The van der Waals surface area contributed by atoms with Crippen molar-refractivity contribution in [2.24, 2.45) is 11.8 Å². The molecule has 0 amide bonds. The number of unbranched alkanes of at least 4 members (excludes halogenated alkanes) is 3. The highest BCUT2D eigenvalue weighted by Gasteiger charge is 2.31. The molecule has 0 bridgehead atoms. The van der Waals surface area contributed by atoms with E-state index in [0.717, 1.165) is 12.3 Å². The lowest BCUT2D eigenvalue weighted by Gasteiger charge is -2.33. The van der Waals surface area contributed by atoms with Gasteiger partial charge in [-0.2, -0.15) is 5.26 Å². The van der Waals surface area contributed by atoms with E-state index in [1.165, 1.54) is 68.9 Å². The summed E-state index contributed by atoms with van der Waals surface area (Å²) in [6, 6.07) is 11.8. The molecular weight excluding hydrogens is 278 g/mol. The van der Waals surface area contributed by atoms with Crippen LogP contribution in [0, 0.1) is 23.2 Å². The van der Waals surface area contributed by atoms with Crippen LogP contribution in [0.2, 0.25) is 0 Å². The van der Waals surface area contributed by atoms with Crippen molar-refractivity contribution in [3.05, 3.63) is 35.4 Å². The molecule has 0 radical (unpaired) electrons. The number of nitrogens with zero attached hydrogens (tertiary/aromatic N) is 1. The molecule has 3 unspecified atom stereocenters. The normalized spacial score (nSPS) is 24.3. The second-order valence-corrected chi connectivity index (χ2v) is 7.36. The van der Waals surface area contributed by atoms with Crippen molar-refractivity contribution in [2.45, 2.75) is 84.0 Å². The van der Waals surface area contributed by atoms with Crippen LogP contribution < -0.4 is 0 Å². The van der Waals surface area contributed by atoms with Gasteiger partial charge in [0, 0.05) is 0 Å². The third-order valence-electron chi connectivity index (χ3n) is 5.57. The lowest BCUT2D eigenvalue weighted by molar-refractivity contribution is 0.258. The largest absolute Gasteiger partial charge is 0.198 e. The van der Waals surface area contributed by atoms with Crippen LogP contribution in [0.3, 0.4) is 0 Å². The van der Waals surface area contributed by atoms with Gasteiger partial charge in [-0.15, -0.1) is 0 Å². The Labute approximate surface area is 143 Å². The maximum Gasteiger partial charge on any atom is 0.0662 e. The van der Waals surface area contributed by atoms with Crippen LogP contribution in [0.1, 0.15) is 88.7 Å². The molecule has 1 saturated carbocycles. The maximum absolute atomic E-state index is 9.61. The molecule has 1 aromatic carbocycles. The molecule has 126 valence electrons. The number of hydrogen-bond donors (Lipinski definition) is 0. The first kappa shape index (κ1) is 18.1. The van der Waals surface area contributed by atoms with Crippen LogP contribution in [-0.4, -0.2) is 0 Å². The van der Waals surface area contributed by atoms with E-state index in [2.05, 4.69) is 44.2 Å². The Kier molecular flexibility index (Phi) is 7.66. The van der Waals surface area contributed by atoms with Crippen molar-refractivity contribution < 1.29 is 0 Å². The zero-order valence-corrected chi connectivity index (χ0v) is 15.1. The van der Waals surface area contributed by atoms with Gasteiger partial charge >= 0.3 is 0 Å². The van der Waals surface area contributed by atoms with Gasteiger partial charge in [-0.3, -0.25) is 0 Å². The fourth-order valence-corrected chi connectivity index (χ4v) is 4.06. The zero-order chi connectivity index (χ0) is 16.5. The summed E-state index contributed by atoms with van der Waals surface area (Å²) in [5, 5.41) is 9.61. The maximum atomic E-state index is 9.61. The second-order valence-electron chi connectivity index (χ2n) is 7.36. The van der Waals surface area contributed by atoms with Crippen molar-refractivity contribution in [2.75, 3.05) is 0 Å². The average Bonchev–Trinajstić information content (AvgIpc) is 2.60. The van der Waals surface area contributed by atoms with E-state index in [4.69, 9.17) is 0 Å². The number of aryl methyl sites for hydroxylation is 1. The molecule has 0 spiro atoms. The smallest absolute Gasteiger partial charge is 0.0662 e. The first-order chi connectivity index (χ1) is 11.3. The number of rotatable bonds is 8. The topological polar surface area (TPSA) is 23.8 Å². The fraction of sp³-hybridized carbons (Fsp3) is 0.682. The molecule has 0 N–H and O–H groups in total. The molecule has 0 aromatic heterocycles. The Balaban J connectivity index is 1.94. The Morgan fingerprint density at radius 2 is 1.74 bits per heavy atom. The Morgan fingerprint density at radius 3 is 2.39 bits per heavy atom. The van der Waals surface area contributed by atoms with E-state index in [0.29, 0.717) is 5.92 Å². The van der Waals surface area contributed by atoms with Gasteiger partial charge in [-0.25, -0.2) is 0 Å². The standard InChI is InChI=1S/C22H33N/c1-3-5-7-9-18-10-13-20(14-11-18)22-15-12-19(8-6-4-2)16-21(22)17-23/h10-11,13-14,19,21-22H,3-9,12,15-16H2,1-2H3. The molecule has 3 atom stereocenters. The lowest BCUT2D eigenvalue weighted by Crippen LogP contribution is -2.22. The van der Waals surface area contributed by atoms with E-state index >= 15 is 0 Å². The molecule has 1 fully saturated rings. The van der Waals surface area contributed by atoms with Crippen LogP contribution >= 0.6 is 0 Å². The first-order valence-electron chi connectivity index (χ1n) is 9.76. The summed E-state index contributed by atoms with van der Waals surface area (Å²) >= 11 is 0. The van der Waals surface area contributed by atoms with E-state index in [-0.39, 0.29) is 5.92 Å². The summed E-state index contributed by atoms with van der Waals surface area (Å²) in [5.41, 5.74) is 2.84. The van der Waals surface area contributed by atoms with E-state index in [1.807, 2.05) is 0 Å². The summed E-state index contributed by atoms with van der Waals surface area (Å²) in [4.78, 5) is 0. The number of nitriles is 1.